The number of aryl methyl sites for hydroxylation is 2. The molecule has 0 saturated carbocycles. The summed E-state index contributed by atoms with van der Waals surface area (Å²) in [6.45, 7) is 4.54. The third-order valence-electron chi connectivity index (χ3n) is 5.30. The third kappa shape index (κ3) is 2.57. The van der Waals surface area contributed by atoms with E-state index in [9.17, 15) is 14.9 Å². The Morgan fingerprint density at radius 2 is 2.07 bits per heavy atom. The molecule has 1 fully saturated rings. The minimum absolute atomic E-state index is 0.0875. The van der Waals surface area contributed by atoms with Crippen LogP contribution in [0.25, 0.3) is 5.65 Å². The van der Waals surface area contributed by atoms with Gasteiger partial charge in [-0.15, -0.1) is 0 Å². The highest BCUT2D eigenvalue weighted by Crippen LogP contribution is 2.40. The molecule has 27 heavy (non-hydrogen) atoms. The normalized spacial score (nSPS) is 17.0. The van der Waals surface area contributed by atoms with Gasteiger partial charge in [0.2, 0.25) is 5.82 Å². The monoisotopic (exact) mass is 368 g/mol. The molecule has 1 aliphatic rings. The minimum Gasteiger partial charge on any atom is -0.343 e. The van der Waals surface area contributed by atoms with Gasteiger partial charge >= 0.3 is 11.2 Å². The smallest absolute Gasteiger partial charge is 0.343 e. The lowest BCUT2D eigenvalue weighted by Crippen LogP contribution is -2.29. The predicted molar refractivity (Wildman–Crippen MR) is 100 cm³/mol. The van der Waals surface area contributed by atoms with Crippen LogP contribution in [0.15, 0.2) is 29.2 Å². The van der Waals surface area contributed by atoms with Crippen molar-refractivity contribution < 1.29 is 4.92 Å². The van der Waals surface area contributed by atoms with Crippen molar-refractivity contribution in [3.8, 4) is 0 Å². The number of nitro groups is 1. The van der Waals surface area contributed by atoms with Gasteiger partial charge in [0, 0.05) is 31.0 Å². The molecule has 3 aromatic rings. The van der Waals surface area contributed by atoms with E-state index in [1.807, 2.05) is 30.5 Å². The van der Waals surface area contributed by atoms with Gasteiger partial charge in [-0.1, -0.05) is 6.07 Å². The summed E-state index contributed by atoms with van der Waals surface area (Å²) in [7, 11) is 1.88. The van der Waals surface area contributed by atoms with Gasteiger partial charge in [0.05, 0.1) is 16.7 Å². The van der Waals surface area contributed by atoms with Crippen molar-refractivity contribution in [2.45, 2.75) is 32.7 Å². The number of hydrogen-bond donors (Lipinski definition) is 0. The molecule has 9 heteroatoms. The van der Waals surface area contributed by atoms with Gasteiger partial charge in [0.1, 0.15) is 5.65 Å². The molecule has 1 atom stereocenters. The van der Waals surface area contributed by atoms with Gasteiger partial charge in [-0.2, -0.15) is 5.10 Å². The molecule has 0 bridgehead atoms. The van der Waals surface area contributed by atoms with Gasteiger partial charge < -0.3 is 4.90 Å². The van der Waals surface area contributed by atoms with Crippen molar-refractivity contribution in [2.24, 2.45) is 7.05 Å². The van der Waals surface area contributed by atoms with Crippen molar-refractivity contribution in [1.29, 1.82) is 0 Å². The lowest BCUT2D eigenvalue weighted by Gasteiger charge is -2.26. The maximum absolute atomic E-state index is 12.8. The zero-order valence-electron chi connectivity index (χ0n) is 15.4. The molecule has 9 nitrogen and oxygen atoms in total. The summed E-state index contributed by atoms with van der Waals surface area (Å²) in [6.07, 6.45) is 3.20. The fraction of sp³-hybridized carbons (Fsp3) is 0.389. The van der Waals surface area contributed by atoms with Crippen LogP contribution in [-0.4, -0.2) is 30.6 Å². The maximum atomic E-state index is 12.8. The second-order valence-electron chi connectivity index (χ2n) is 6.83. The molecule has 0 N–H and O–H groups in total. The Morgan fingerprint density at radius 1 is 1.30 bits per heavy atom. The number of fused-ring (bicyclic) bond motifs is 1. The SMILES string of the molecule is Cc1nn(C)c(C)c1C1CCCN1c1nc2ccccn2c(=O)c1[N+](=O)[O-]. The van der Waals surface area contributed by atoms with E-state index in [1.165, 1.54) is 10.6 Å². The molecule has 4 heterocycles. The summed E-state index contributed by atoms with van der Waals surface area (Å²) < 4.78 is 3.03. The maximum Gasteiger partial charge on any atom is 0.376 e. The van der Waals surface area contributed by atoms with Crippen molar-refractivity contribution in [2.75, 3.05) is 11.4 Å². The summed E-state index contributed by atoms with van der Waals surface area (Å²) >= 11 is 0. The number of anilines is 1. The van der Waals surface area contributed by atoms with Crippen LogP contribution < -0.4 is 10.5 Å². The molecule has 4 rings (SSSR count). The van der Waals surface area contributed by atoms with Crippen LogP contribution in [0.4, 0.5) is 11.5 Å². The molecular formula is C18H20N6O3. The van der Waals surface area contributed by atoms with Gasteiger partial charge in [-0.3, -0.25) is 24.0 Å². The third-order valence-corrected chi connectivity index (χ3v) is 5.30. The van der Waals surface area contributed by atoms with Gasteiger partial charge in [-0.25, -0.2) is 4.98 Å². The zero-order valence-corrected chi connectivity index (χ0v) is 15.4. The minimum atomic E-state index is -0.661. The first-order chi connectivity index (χ1) is 12.9. The Balaban J connectivity index is 1.94. The van der Waals surface area contributed by atoms with E-state index in [4.69, 9.17) is 0 Å². The summed E-state index contributed by atoms with van der Waals surface area (Å²) in [5.41, 5.74) is 2.22. The first kappa shape index (κ1) is 17.2. The molecule has 0 aliphatic carbocycles. The van der Waals surface area contributed by atoms with E-state index in [0.29, 0.717) is 12.2 Å². The fourth-order valence-corrected chi connectivity index (χ4v) is 4.02. The van der Waals surface area contributed by atoms with Gasteiger partial charge in [0.25, 0.3) is 0 Å². The Labute approximate surface area is 155 Å². The molecular weight excluding hydrogens is 348 g/mol. The fourth-order valence-electron chi connectivity index (χ4n) is 4.02. The summed E-state index contributed by atoms with van der Waals surface area (Å²) in [6, 6.07) is 5.00. The van der Waals surface area contributed by atoms with Crippen LogP contribution in [0.2, 0.25) is 0 Å². The van der Waals surface area contributed by atoms with E-state index in [0.717, 1.165) is 29.8 Å². The van der Waals surface area contributed by atoms with E-state index < -0.39 is 16.2 Å². The molecule has 1 saturated heterocycles. The highest BCUT2D eigenvalue weighted by Gasteiger charge is 2.37. The van der Waals surface area contributed by atoms with Crippen LogP contribution >= 0.6 is 0 Å². The first-order valence-electron chi connectivity index (χ1n) is 8.82. The van der Waals surface area contributed by atoms with E-state index >= 15 is 0 Å². The molecule has 1 unspecified atom stereocenters. The molecule has 0 aromatic carbocycles. The van der Waals surface area contributed by atoms with Crippen LogP contribution in [0, 0.1) is 24.0 Å². The number of nitrogens with zero attached hydrogens (tertiary/aromatic N) is 6. The van der Waals surface area contributed by atoms with Crippen LogP contribution in [-0.2, 0) is 7.05 Å². The number of aromatic nitrogens is 4. The van der Waals surface area contributed by atoms with E-state index in [-0.39, 0.29) is 11.9 Å². The Hall–Kier alpha value is -3.23. The Bertz CT molecular complexity index is 1120. The standard InChI is InChI=1S/C18H20N6O3/c1-11-15(12(2)21(3)20-11)13-7-6-10-22(13)17-16(24(26)27)18(25)23-9-5-4-8-14(23)19-17/h4-5,8-9,13H,6-7,10H2,1-3H3. The summed E-state index contributed by atoms with van der Waals surface area (Å²) in [4.78, 5) is 30.3. The molecule has 0 spiro atoms. The van der Waals surface area contributed by atoms with Crippen LogP contribution in [0.3, 0.4) is 0 Å². The van der Waals surface area contributed by atoms with Crippen molar-refractivity contribution in [3.63, 3.8) is 0 Å². The second kappa shape index (κ2) is 6.19. The lowest BCUT2D eigenvalue weighted by atomic mass is 10.0. The first-order valence-corrected chi connectivity index (χ1v) is 8.82. The van der Waals surface area contributed by atoms with E-state index in [2.05, 4.69) is 10.1 Å². The highest BCUT2D eigenvalue weighted by atomic mass is 16.6. The van der Waals surface area contributed by atoms with Crippen molar-refractivity contribution >= 4 is 17.2 Å². The number of pyridine rings is 1. The lowest BCUT2D eigenvalue weighted by molar-refractivity contribution is -0.385. The summed E-state index contributed by atoms with van der Waals surface area (Å²) in [5, 5.41) is 16.2. The quantitative estimate of drug-likeness (QED) is 0.520. The summed E-state index contributed by atoms with van der Waals surface area (Å²) in [5.74, 6) is 0.140. The molecule has 140 valence electrons. The van der Waals surface area contributed by atoms with Crippen molar-refractivity contribution in [3.05, 3.63) is 61.8 Å². The topological polar surface area (TPSA) is 98.6 Å². The number of hydrogen-bond acceptors (Lipinski definition) is 6. The molecule has 0 amide bonds. The van der Waals surface area contributed by atoms with Crippen LogP contribution in [0.1, 0.15) is 35.8 Å². The van der Waals surface area contributed by atoms with Crippen molar-refractivity contribution in [1.82, 2.24) is 19.2 Å². The molecule has 3 aromatic heterocycles. The van der Waals surface area contributed by atoms with Gasteiger partial charge in [0.15, 0.2) is 0 Å². The highest BCUT2D eigenvalue weighted by molar-refractivity contribution is 5.63. The molecule has 0 radical (unpaired) electrons. The predicted octanol–water partition coefficient (Wildman–Crippen LogP) is 2.29. The second-order valence-corrected chi connectivity index (χ2v) is 6.83. The largest absolute Gasteiger partial charge is 0.376 e. The van der Waals surface area contributed by atoms with Crippen LogP contribution in [0.5, 0.6) is 0 Å². The Morgan fingerprint density at radius 3 is 2.74 bits per heavy atom. The average Bonchev–Trinajstić information content (AvgIpc) is 3.19. The van der Waals surface area contributed by atoms with E-state index in [1.54, 1.807) is 18.2 Å². The molecule has 1 aliphatic heterocycles. The average molecular weight is 368 g/mol. The van der Waals surface area contributed by atoms with Gasteiger partial charge in [-0.05, 0) is 38.8 Å². The Kier molecular flexibility index (Phi) is 3.94. The number of rotatable bonds is 3. The zero-order chi connectivity index (χ0) is 19.3.